The molecule has 1 aromatic carbocycles. The first-order valence-corrected chi connectivity index (χ1v) is 4.25. The molecular weight excluding hydrogens is 204 g/mol. The van der Waals surface area contributed by atoms with Crippen LogP contribution in [0.25, 0.3) is 0 Å². The lowest BCUT2D eigenvalue weighted by atomic mass is 10.3. The van der Waals surface area contributed by atoms with Gasteiger partial charge in [-0.15, -0.1) is 0 Å². The van der Waals surface area contributed by atoms with Gasteiger partial charge < -0.3 is 4.90 Å². The fourth-order valence-corrected chi connectivity index (χ4v) is 1.54. The second-order valence-electron chi connectivity index (χ2n) is 2.63. The maximum Gasteiger partial charge on any atom is 0.110 e. The number of benzene rings is 1. The van der Waals surface area contributed by atoms with Gasteiger partial charge in [0.25, 0.3) is 0 Å². The summed E-state index contributed by atoms with van der Waals surface area (Å²) in [6, 6.07) is 6.14. The third-order valence-corrected chi connectivity index (χ3v) is 2.30. The van der Waals surface area contributed by atoms with Crippen molar-refractivity contribution >= 4 is 27.3 Å². The van der Waals surface area contributed by atoms with Gasteiger partial charge in [-0.25, -0.2) is 0 Å². The lowest BCUT2D eigenvalue weighted by molar-refractivity contribution is 0.872. The van der Waals surface area contributed by atoms with Crippen LogP contribution < -0.4 is 10.2 Å². The quantitative estimate of drug-likeness (QED) is 0.643. The molecule has 0 amide bonds. The monoisotopic (exact) mass is 211 g/mol. The van der Waals surface area contributed by atoms with Crippen LogP contribution in [0.5, 0.6) is 0 Å². The standard InChI is InChI=1S/C8H8BrN2/c1-11-5-10-7-3-2-6(9)4-8(7)11/h2-4H,5H2,1H3. The average molecular weight is 212 g/mol. The van der Waals surface area contributed by atoms with Crippen molar-refractivity contribution in [1.29, 1.82) is 0 Å². The average Bonchev–Trinajstić information content (AvgIpc) is 2.33. The van der Waals surface area contributed by atoms with Crippen LogP contribution in [0.3, 0.4) is 0 Å². The van der Waals surface area contributed by atoms with Gasteiger partial charge in [0, 0.05) is 11.5 Å². The van der Waals surface area contributed by atoms with Crippen LogP contribution in [0.15, 0.2) is 22.7 Å². The molecular formula is C8H8BrN2. The maximum absolute atomic E-state index is 4.33. The zero-order chi connectivity index (χ0) is 7.84. The molecule has 0 spiro atoms. The number of halogens is 1. The first kappa shape index (κ1) is 6.98. The van der Waals surface area contributed by atoms with E-state index in [1.54, 1.807) is 0 Å². The van der Waals surface area contributed by atoms with Gasteiger partial charge in [0.1, 0.15) is 6.67 Å². The molecule has 1 radical (unpaired) electrons. The molecule has 11 heavy (non-hydrogen) atoms. The number of nitrogens with zero attached hydrogens (tertiary/aromatic N) is 2. The molecule has 0 N–H and O–H groups in total. The second-order valence-corrected chi connectivity index (χ2v) is 3.55. The highest BCUT2D eigenvalue weighted by Crippen LogP contribution is 2.32. The maximum atomic E-state index is 4.33. The number of hydrogen-bond acceptors (Lipinski definition) is 1. The van der Waals surface area contributed by atoms with Gasteiger partial charge in [-0.2, -0.15) is 0 Å². The van der Waals surface area contributed by atoms with E-state index in [1.807, 2.05) is 19.2 Å². The highest BCUT2D eigenvalue weighted by atomic mass is 79.9. The van der Waals surface area contributed by atoms with Gasteiger partial charge in [0.05, 0.1) is 11.4 Å². The van der Waals surface area contributed by atoms with E-state index in [2.05, 4.69) is 32.2 Å². The summed E-state index contributed by atoms with van der Waals surface area (Å²) < 4.78 is 1.11. The Morgan fingerprint density at radius 2 is 2.36 bits per heavy atom. The Hall–Kier alpha value is -0.700. The lowest BCUT2D eigenvalue weighted by Gasteiger charge is -2.08. The van der Waals surface area contributed by atoms with E-state index in [4.69, 9.17) is 0 Å². The number of anilines is 1. The smallest absolute Gasteiger partial charge is 0.110 e. The largest absolute Gasteiger partial charge is 0.353 e. The molecule has 0 atom stereocenters. The van der Waals surface area contributed by atoms with E-state index < -0.39 is 0 Å². The summed E-state index contributed by atoms with van der Waals surface area (Å²) >= 11 is 3.42. The molecule has 0 unspecified atom stereocenters. The van der Waals surface area contributed by atoms with Crippen LogP contribution >= 0.6 is 15.9 Å². The van der Waals surface area contributed by atoms with Crippen molar-refractivity contribution in [3.05, 3.63) is 22.7 Å². The molecule has 0 aromatic heterocycles. The highest BCUT2D eigenvalue weighted by Gasteiger charge is 2.15. The van der Waals surface area contributed by atoms with Gasteiger partial charge in [-0.05, 0) is 18.2 Å². The molecule has 2 nitrogen and oxygen atoms in total. The first-order valence-electron chi connectivity index (χ1n) is 3.45. The van der Waals surface area contributed by atoms with Crippen LogP contribution in [0.1, 0.15) is 0 Å². The SMILES string of the molecule is CN1C[N]c2ccc(Br)cc21. The van der Waals surface area contributed by atoms with E-state index in [0.29, 0.717) is 0 Å². The van der Waals surface area contributed by atoms with Crippen molar-refractivity contribution in [2.24, 2.45) is 0 Å². The normalized spacial score (nSPS) is 14.5. The number of rotatable bonds is 0. The summed E-state index contributed by atoms with van der Waals surface area (Å²) in [6.07, 6.45) is 0. The van der Waals surface area contributed by atoms with Gasteiger partial charge in [-0.1, -0.05) is 15.9 Å². The molecule has 0 saturated heterocycles. The number of fused-ring (bicyclic) bond motifs is 1. The number of hydrogen-bond donors (Lipinski definition) is 0. The van der Waals surface area contributed by atoms with Crippen molar-refractivity contribution in [2.75, 3.05) is 18.6 Å². The molecule has 1 aromatic rings. The summed E-state index contributed by atoms with van der Waals surface area (Å²) in [5, 5.41) is 4.33. The molecule has 57 valence electrons. The van der Waals surface area contributed by atoms with Gasteiger partial charge in [0.2, 0.25) is 0 Å². The van der Waals surface area contributed by atoms with Crippen LogP contribution in [0, 0.1) is 0 Å². The van der Waals surface area contributed by atoms with E-state index in [0.717, 1.165) is 16.8 Å². The fourth-order valence-electron chi connectivity index (χ4n) is 1.19. The van der Waals surface area contributed by atoms with Crippen LogP contribution in [0.2, 0.25) is 0 Å². The summed E-state index contributed by atoms with van der Waals surface area (Å²) in [6.45, 7) is 0.784. The second kappa shape index (κ2) is 2.41. The summed E-state index contributed by atoms with van der Waals surface area (Å²) in [7, 11) is 2.04. The predicted octanol–water partition coefficient (Wildman–Crippen LogP) is 2.09. The van der Waals surface area contributed by atoms with Gasteiger partial charge in [0.15, 0.2) is 0 Å². The zero-order valence-electron chi connectivity index (χ0n) is 6.21. The zero-order valence-corrected chi connectivity index (χ0v) is 7.80. The molecule has 0 saturated carbocycles. The Morgan fingerprint density at radius 3 is 3.18 bits per heavy atom. The van der Waals surface area contributed by atoms with Crippen molar-refractivity contribution in [1.82, 2.24) is 5.32 Å². The minimum absolute atomic E-state index is 0.784. The molecule has 1 aliphatic heterocycles. The van der Waals surface area contributed by atoms with Gasteiger partial charge >= 0.3 is 0 Å². The van der Waals surface area contributed by atoms with Crippen LogP contribution in [-0.4, -0.2) is 13.7 Å². The van der Waals surface area contributed by atoms with E-state index >= 15 is 0 Å². The van der Waals surface area contributed by atoms with Gasteiger partial charge in [-0.3, -0.25) is 5.32 Å². The Morgan fingerprint density at radius 1 is 1.55 bits per heavy atom. The third kappa shape index (κ3) is 1.09. The van der Waals surface area contributed by atoms with Crippen LogP contribution in [-0.2, 0) is 0 Å². The third-order valence-electron chi connectivity index (χ3n) is 1.80. The van der Waals surface area contributed by atoms with E-state index in [-0.39, 0.29) is 0 Å². The van der Waals surface area contributed by atoms with Crippen molar-refractivity contribution < 1.29 is 0 Å². The molecule has 0 bridgehead atoms. The lowest BCUT2D eigenvalue weighted by Crippen LogP contribution is -2.15. The van der Waals surface area contributed by atoms with E-state index in [9.17, 15) is 0 Å². The fraction of sp³-hybridized carbons (Fsp3) is 0.250. The summed E-state index contributed by atoms with van der Waals surface area (Å²) in [4.78, 5) is 2.13. The van der Waals surface area contributed by atoms with Crippen molar-refractivity contribution in [2.45, 2.75) is 0 Å². The minimum atomic E-state index is 0.784. The Bertz CT molecular complexity index is 285. The van der Waals surface area contributed by atoms with E-state index in [1.165, 1.54) is 5.69 Å². The molecule has 0 fully saturated rings. The Labute approximate surface area is 74.3 Å². The van der Waals surface area contributed by atoms with Crippen LogP contribution in [0.4, 0.5) is 11.4 Å². The molecule has 1 heterocycles. The molecule has 0 aliphatic carbocycles. The summed E-state index contributed by atoms with van der Waals surface area (Å²) in [5.74, 6) is 0. The molecule has 3 heteroatoms. The van der Waals surface area contributed by atoms with Crippen molar-refractivity contribution in [3.63, 3.8) is 0 Å². The summed E-state index contributed by atoms with van der Waals surface area (Å²) in [5.41, 5.74) is 2.30. The highest BCUT2D eigenvalue weighted by molar-refractivity contribution is 9.10. The topological polar surface area (TPSA) is 17.3 Å². The first-order chi connectivity index (χ1) is 5.27. The minimum Gasteiger partial charge on any atom is -0.353 e. The Balaban J connectivity index is 2.52. The van der Waals surface area contributed by atoms with Crippen molar-refractivity contribution in [3.8, 4) is 0 Å². The molecule has 2 rings (SSSR count). The Kier molecular flexibility index (Phi) is 1.53. The molecule has 1 aliphatic rings. The predicted molar refractivity (Wildman–Crippen MR) is 49.2 cm³/mol.